The number of thiophene rings is 1. The Morgan fingerprint density at radius 1 is 1.28 bits per heavy atom. The summed E-state index contributed by atoms with van der Waals surface area (Å²) in [5.41, 5.74) is 1.12. The lowest BCUT2D eigenvalue weighted by Crippen LogP contribution is -2.32. The Morgan fingerprint density at radius 2 is 2.16 bits per heavy atom. The van der Waals surface area contributed by atoms with Crippen LogP contribution in [0.25, 0.3) is 10.6 Å². The van der Waals surface area contributed by atoms with Crippen LogP contribution in [-0.2, 0) is 9.53 Å². The second kappa shape index (κ2) is 8.00. The lowest BCUT2D eigenvalue weighted by atomic mass is 10.2. The van der Waals surface area contributed by atoms with E-state index < -0.39 is 18.0 Å². The second-order valence-electron chi connectivity index (χ2n) is 5.05. The molecule has 8 heteroatoms. The minimum atomic E-state index is -0.887. The van der Waals surface area contributed by atoms with Crippen molar-refractivity contribution < 1.29 is 14.3 Å². The van der Waals surface area contributed by atoms with Gasteiger partial charge in [0.1, 0.15) is 0 Å². The van der Waals surface area contributed by atoms with Gasteiger partial charge in [0.05, 0.1) is 16.1 Å². The lowest BCUT2D eigenvalue weighted by molar-refractivity contribution is -0.124. The number of aromatic nitrogens is 2. The first kappa shape index (κ1) is 17.2. The summed E-state index contributed by atoms with van der Waals surface area (Å²) in [7, 11) is 0. The number of carbonyl (C=O) groups excluding carboxylic acids is 2. The third-order valence-electron chi connectivity index (χ3n) is 3.32. The van der Waals surface area contributed by atoms with Gasteiger partial charge in [0.2, 0.25) is 0 Å². The van der Waals surface area contributed by atoms with Gasteiger partial charge in [0, 0.05) is 17.8 Å². The molecule has 0 aliphatic rings. The number of nitrogens with zero attached hydrogens (tertiary/aromatic N) is 2. The van der Waals surface area contributed by atoms with Gasteiger partial charge < -0.3 is 4.74 Å². The molecule has 0 aliphatic heterocycles. The molecular formula is C17H15N3O3S2. The van der Waals surface area contributed by atoms with E-state index in [0.29, 0.717) is 17.1 Å². The van der Waals surface area contributed by atoms with Crippen molar-refractivity contribution in [1.82, 2.24) is 9.97 Å². The maximum atomic E-state index is 12.4. The van der Waals surface area contributed by atoms with Crippen LogP contribution in [0.1, 0.15) is 23.7 Å². The molecule has 128 valence electrons. The predicted molar refractivity (Wildman–Crippen MR) is 97.8 cm³/mol. The molecule has 0 saturated heterocycles. The molecule has 3 aromatic rings. The summed E-state index contributed by atoms with van der Waals surface area (Å²) in [6, 6.07) is 7.14. The van der Waals surface area contributed by atoms with Gasteiger partial charge in [-0.3, -0.25) is 15.1 Å². The molecule has 1 unspecified atom stereocenters. The number of anilines is 1. The lowest BCUT2D eigenvalue weighted by Gasteiger charge is -2.14. The van der Waals surface area contributed by atoms with Crippen LogP contribution in [0, 0.1) is 0 Å². The SMILES string of the molecule is CCC(OC(=O)c1cccnc1)C(=O)Nc1nc(-c2cccs2)cs1. The Kier molecular flexibility index (Phi) is 5.52. The van der Waals surface area contributed by atoms with Gasteiger partial charge in [0.15, 0.2) is 11.2 Å². The zero-order valence-corrected chi connectivity index (χ0v) is 15.0. The van der Waals surface area contributed by atoms with Crippen LogP contribution < -0.4 is 5.32 Å². The molecule has 0 saturated carbocycles. The summed E-state index contributed by atoms with van der Waals surface area (Å²) in [6.45, 7) is 1.78. The normalized spacial score (nSPS) is 11.7. The van der Waals surface area contributed by atoms with E-state index in [2.05, 4.69) is 15.3 Å². The first-order chi connectivity index (χ1) is 12.2. The van der Waals surface area contributed by atoms with Crippen LogP contribution >= 0.6 is 22.7 Å². The molecule has 0 radical (unpaired) electrons. The predicted octanol–water partition coefficient (Wildman–Crippen LogP) is 3.84. The number of carbonyl (C=O) groups is 2. The average Bonchev–Trinajstić information content (AvgIpc) is 3.31. The molecule has 0 fully saturated rings. The number of ether oxygens (including phenoxy) is 1. The summed E-state index contributed by atoms with van der Waals surface area (Å²) in [5.74, 6) is -0.972. The van der Waals surface area contributed by atoms with Crippen LogP contribution in [0.4, 0.5) is 5.13 Å². The fourth-order valence-corrected chi connectivity index (χ4v) is 3.53. The number of esters is 1. The summed E-state index contributed by atoms with van der Waals surface area (Å²) >= 11 is 2.91. The standard InChI is InChI=1S/C17H15N3O3S2/c1-2-13(23-16(22)11-5-3-7-18-9-11)15(21)20-17-19-12(10-25-17)14-6-4-8-24-14/h3-10,13H,2H2,1H3,(H,19,20,21). The summed E-state index contributed by atoms with van der Waals surface area (Å²) in [6.07, 6.45) is 2.44. The number of nitrogens with one attached hydrogen (secondary N) is 1. The van der Waals surface area contributed by atoms with E-state index in [-0.39, 0.29) is 0 Å². The highest BCUT2D eigenvalue weighted by Crippen LogP contribution is 2.28. The molecule has 25 heavy (non-hydrogen) atoms. The third kappa shape index (κ3) is 4.28. The van der Waals surface area contributed by atoms with Gasteiger partial charge in [0.25, 0.3) is 5.91 Å². The maximum Gasteiger partial charge on any atom is 0.340 e. The van der Waals surface area contributed by atoms with Gasteiger partial charge in [-0.05, 0) is 30.0 Å². The van der Waals surface area contributed by atoms with E-state index in [1.807, 2.05) is 22.9 Å². The first-order valence-corrected chi connectivity index (χ1v) is 9.34. The average molecular weight is 373 g/mol. The van der Waals surface area contributed by atoms with E-state index in [4.69, 9.17) is 4.74 Å². The van der Waals surface area contributed by atoms with E-state index in [0.717, 1.165) is 10.6 Å². The number of pyridine rings is 1. The van der Waals surface area contributed by atoms with Crippen LogP contribution in [0.3, 0.4) is 0 Å². The van der Waals surface area contributed by atoms with E-state index in [1.165, 1.54) is 17.5 Å². The largest absolute Gasteiger partial charge is 0.449 e. The highest BCUT2D eigenvalue weighted by molar-refractivity contribution is 7.16. The van der Waals surface area contributed by atoms with Crippen molar-refractivity contribution in [3.05, 3.63) is 53.0 Å². The molecule has 3 aromatic heterocycles. The van der Waals surface area contributed by atoms with Gasteiger partial charge in [-0.1, -0.05) is 13.0 Å². The second-order valence-corrected chi connectivity index (χ2v) is 6.85. The van der Waals surface area contributed by atoms with Crippen molar-refractivity contribution in [1.29, 1.82) is 0 Å². The number of thiazole rings is 1. The fourth-order valence-electron chi connectivity index (χ4n) is 2.06. The minimum Gasteiger partial charge on any atom is -0.449 e. The fraction of sp³-hybridized carbons (Fsp3) is 0.176. The van der Waals surface area contributed by atoms with Crippen LogP contribution in [-0.4, -0.2) is 27.9 Å². The van der Waals surface area contributed by atoms with Crippen LogP contribution in [0.5, 0.6) is 0 Å². The van der Waals surface area contributed by atoms with E-state index in [1.54, 1.807) is 36.6 Å². The summed E-state index contributed by atoms with van der Waals surface area (Å²) in [5, 5.41) is 7.04. The number of hydrogen-bond donors (Lipinski definition) is 1. The Labute approximate surface area is 152 Å². The van der Waals surface area contributed by atoms with Crippen molar-refractivity contribution in [2.75, 3.05) is 5.32 Å². The van der Waals surface area contributed by atoms with Crippen molar-refractivity contribution in [2.45, 2.75) is 19.4 Å². The van der Waals surface area contributed by atoms with Gasteiger partial charge in [-0.25, -0.2) is 9.78 Å². The highest BCUT2D eigenvalue weighted by atomic mass is 32.1. The smallest absolute Gasteiger partial charge is 0.340 e. The van der Waals surface area contributed by atoms with Crippen LogP contribution in [0.2, 0.25) is 0 Å². The molecule has 1 amide bonds. The molecule has 1 atom stereocenters. The molecular weight excluding hydrogens is 358 g/mol. The molecule has 0 aromatic carbocycles. The molecule has 3 rings (SSSR count). The number of amides is 1. The summed E-state index contributed by atoms with van der Waals surface area (Å²) < 4.78 is 5.29. The van der Waals surface area contributed by atoms with Gasteiger partial charge in [-0.15, -0.1) is 22.7 Å². The van der Waals surface area contributed by atoms with Crippen molar-refractivity contribution in [3.63, 3.8) is 0 Å². The molecule has 0 spiro atoms. The Bertz CT molecular complexity index is 847. The molecule has 0 bridgehead atoms. The highest BCUT2D eigenvalue weighted by Gasteiger charge is 2.23. The Morgan fingerprint density at radius 3 is 2.84 bits per heavy atom. The quantitative estimate of drug-likeness (QED) is 0.664. The van der Waals surface area contributed by atoms with Gasteiger partial charge in [-0.2, -0.15) is 0 Å². The Balaban J connectivity index is 1.63. The zero-order chi connectivity index (χ0) is 17.6. The minimum absolute atomic E-state index is 0.308. The molecule has 0 aliphatic carbocycles. The third-order valence-corrected chi connectivity index (χ3v) is 4.97. The van der Waals surface area contributed by atoms with Crippen molar-refractivity contribution in [2.24, 2.45) is 0 Å². The Hall–Kier alpha value is -2.58. The number of rotatable bonds is 6. The first-order valence-electron chi connectivity index (χ1n) is 7.58. The molecule has 1 N–H and O–H groups in total. The van der Waals surface area contributed by atoms with Crippen LogP contribution in [0.15, 0.2) is 47.4 Å². The topological polar surface area (TPSA) is 81.2 Å². The summed E-state index contributed by atoms with van der Waals surface area (Å²) in [4.78, 5) is 33.7. The van der Waals surface area contributed by atoms with Crippen molar-refractivity contribution >= 4 is 39.7 Å². The molecule has 3 heterocycles. The number of hydrogen-bond acceptors (Lipinski definition) is 7. The van der Waals surface area contributed by atoms with E-state index in [9.17, 15) is 9.59 Å². The van der Waals surface area contributed by atoms with E-state index >= 15 is 0 Å². The monoisotopic (exact) mass is 373 g/mol. The maximum absolute atomic E-state index is 12.4. The van der Waals surface area contributed by atoms with Gasteiger partial charge >= 0.3 is 5.97 Å². The molecule has 6 nitrogen and oxygen atoms in total. The zero-order valence-electron chi connectivity index (χ0n) is 13.3. The van der Waals surface area contributed by atoms with Crippen molar-refractivity contribution in [3.8, 4) is 10.6 Å².